The Bertz CT molecular complexity index is 455. The molecule has 0 bridgehead atoms. The number of nitrogens with one attached hydrogen (secondary N) is 1. The summed E-state index contributed by atoms with van der Waals surface area (Å²) in [5, 5.41) is 12.8. The molecule has 1 aliphatic rings. The molecule has 3 heteroatoms. The van der Waals surface area contributed by atoms with Crippen LogP contribution in [0.1, 0.15) is 56.7 Å². The minimum Gasteiger partial charge on any atom is -0.481 e. The Morgan fingerprint density at radius 2 is 2.00 bits per heavy atom. The van der Waals surface area contributed by atoms with Crippen LogP contribution in [0.4, 0.5) is 0 Å². The van der Waals surface area contributed by atoms with Crippen molar-refractivity contribution in [3.63, 3.8) is 0 Å². The zero-order valence-electron chi connectivity index (χ0n) is 13.1. The van der Waals surface area contributed by atoms with E-state index >= 15 is 0 Å². The van der Waals surface area contributed by atoms with E-state index in [4.69, 9.17) is 0 Å². The number of benzene rings is 1. The lowest BCUT2D eigenvalue weighted by atomic mass is 9.95. The van der Waals surface area contributed by atoms with E-state index < -0.39 is 5.97 Å². The second kappa shape index (κ2) is 7.60. The molecule has 0 amide bonds. The van der Waals surface area contributed by atoms with Gasteiger partial charge in [0.05, 0.1) is 5.92 Å². The molecular weight excluding hydrogens is 262 g/mol. The molecule has 0 radical (unpaired) electrons. The van der Waals surface area contributed by atoms with Crippen LogP contribution in [0.15, 0.2) is 24.3 Å². The second-order valence-corrected chi connectivity index (χ2v) is 6.10. The smallest absolute Gasteiger partial charge is 0.306 e. The van der Waals surface area contributed by atoms with E-state index in [-0.39, 0.29) is 11.8 Å². The molecular formula is C18H27NO2. The molecule has 1 saturated carbocycles. The summed E-state index contributed by atoms with van der Waals surface area (Å²) in [6, 6.07) is 9.10. The van der Waals surface area contributed by atoms with Gasteiger partial charge in [0.15, 0.2) is 0 Å². The van der Waals surface area contributed by atoms with E-state index in [0.717, 1.165) is 38.6 Å². The average Bonchev–Trinajstić information content (AvgIpc) is 2.97. The van der Waals surface area contributed by atoms with E-state index in [0.29, 0.717) is 6.04 Å². The molecule has 3 unspecified atom stereocenters. The molecule has 3 nitrogen and oxygen atoms in total. The lowest BCUT2D eigenvalue weighted by Crippen LogP contribution is -2.31. The van der Waals surface area contributed by atoms with Crippen molar-refractivity contribution >= 4 is 5.97 Å². The van der Waals surface area contributed by atoms with Gasteiger partial charge in [-0.3, -0.25) is 4.79 Å². The molecule has 2 rings (SSSR count). The van der Waals surface area contributed by atoms with Crippen molar-refractivity contribution in [1.29, 1.82) is 0 Å². The van der Waals surface area contributed by atoms with Gasteiger partial charge in [0.25, 0.3) is 0 Å². The van der Waals surface area contributed by atoms with Crippen LogP contribution in [0.25, 0.3) is 0 Å². The van der Waals surface area contributed by atoms with Gasteiger partial charge in [-0.1, -0.05) is 44.5 Å². The number of aliphatic carboxylic acids is 1. The summed E-state index contributed by atoms with van der Waals surface area (Å²) in [5.74, 6) is -0.497. The van der Waals surface area contributed by atoms with Crippen molar-refractivity contribution in [1.82, 2.24) is 5.32 Å². The van der Waals surface area contributed by atoms with Crippen LogP contribution in [-0.2, 0) is 11.2 Å². The molecule has 0 aliphatic heterocycles. The van der Waals surface area contributed by atoms with E-state index in [1.165, 1.54) is 11.1 Å². The lowest BCUT2D eigenvalue weighted by Gasteiger charge is -2.22. The predicted octanol–water partition coefficient (Wildman–Crippen LogP) is 3.79. The minimum absolute atomic E-state index is 0.155. The Morgan fingerprint density at radius 3 is 2.57 bits per heavy atom. The van der Waals surface area contributed by atoms with Crippen LogP contribution in [0.3, 0.4) is 0 Å². The Morgan fingerprint density at radius 1 is 1.29 bits per heavy atom. The Balaban J connectivity index is 1.94. The normalized spacial score (nSPS) is 23.1. The van der Waals surface area contributed by atoms with Gasteiger partial charge in [0.2, 0.25) is 0 Å². The Kier molecular flexibility index (Phi) is 5.80. The van der Waals surface area contributed by atoms with Crippen LogP contribution in [0.5, 0.6) is 0 Å². The zero-order valence-corrected chi connectivity index (χ0v) is 13.1. The van der Waals surface area contributed by atoms with Gasteiger partial charge in [-0.05, 0) is 49.3 Å². The van der Waals surface area contributed by atoms with Crippen molar-refractivity contribution in [2.75, 3.05) is 6.54 Å². The maximum absolute atomic E-state index is 11.2. The Labute approximate surface area is 127 Å². The summed E-state index contributed by atoms with van der Waals surface area (Å²) in [4.78, 5) is 11.2. The first-order valence-electron chi connectivity index (χ1n) is 8.20. The molecule has 0 spiro atoms. The molecule has 1 aliphatic carbocycles. The van der Waals surface area contributed by atoms with Crippen LogP contribution in [0.2, 0.25) is 0 Å². The minimum atomic E-state index is -0.625. The highest BCUT2D eigenvalue weighted by molar-refractivity contribution is 5.70. The summed E-state index contributed by atoms with van der Waals surface area (Å²) < 4.78 is 0. The van der Waals surface area contributed by atoms with Crippen LogP contribution >= 0.6 is 0 Å². The SMILES string of the molecule is CCc1ccc(C(CC)NCC2CCCC2C(=O)O)cc1. The van der Waals surface area contributed by atoms with Gasteiger partial charge in [-0.15, -0.1) is 0 Å². The van der Waals surface area contributed by atoms with Gasteiger partial charge in [-0.25, -0.2) is 0 Å². The quantitative estimate of drug-likeness (QED) is 0.803. The number of carboxylic acids is 1. The number of hydrogen-bond acceptors (Lipinski definition) is 2. The second-order valence-electron chi connectivity index (χ2n) is 6.10. The largest absolute Gasteiger partial charge is 0.481 e. The highest BCUT2D eigenvalue weighted by Gasteiger charge is 2.32. The number of aryl methyl sites for hydroxylation is 1. The number of carbonyl (C=O) groups is 1. The van der Waals surface area contributed by atoms with Crippen molar-refractivity contribution in [3.8, 4) is 0 Å². The number of carboxylic acid groups (broad SMARTS) is 1. The van der Waals surface area contributed by atoms with Gasteiger partial charge in [0, 0.05) is 6.04 Å². The number of hydrogen-bond donors (Lipinski definition) is 2. The first-order chi connectivity index (χ1) is 10.2. The van der Waals surface area contributed by atoms with E-state index in [2.05, 4.69) is 43.4 Å². The zero-order chi connectivity index (χ0) is 15.2. The van der Waals surface area contributed by atoms with E-state index in [9.17, 15) is 9.90 Å². The fourth-order valence-electron chi connectivity index (χ4n) is 3.38. The highest BCUT2D eigenvalue weighted by Crippen LogP contribution is 2.32. The standard InChI is InChI=1S/C18H27NO2/c1-3-13-8-10-14(11-9-13)17(4-2)19-12-15-6-5-7-16(15)18(20)21/h8-11,15-17,19H,3-7,12H2,1-2H3,(H,20,21). The van der Waals surface area contributed by atoms with Crippen LogP contribution < -0.4 is 5.32 Å². The summed E-state index contributed by atoms with van der Waals surface area (Å²) in [6.07, 6.45) is 5.01. The third kappa shape index (κ3) is 4.07. The third-order valence-corrected chi connectivity index (χ3v) is 4.80. The predicted molar refractivity (Wildman–Crippen MR) is 85.3 cm³/mol. The molecule has 1 aromatic carbocycles. The van der Waals surface area contributed by atoms with Gasteiger partial charge in [0.1, 0.15) is 0 Å². The monoisotopic (exact) mass is 289 g/mol. The van der Waals surface area contributed by atoms with Crippen molar-refractivity contribution in [3.05, 3.63) is 35.4 Å². The third-order valence-electron chi connectivity index (χ3n) is 4.80. The van der Waals surface area contributed by atoms with Crippen LogP contribution in [-0.4, -0.2) is 17.6 Å². The summed E-state index contributed by atoms with van der Waals surface area (Å²) in [7, 11) is 0. The first kappa shape index (κ1) is 16.0. The van der Waals surface area contributed by atoms with Gasteiger partial charge < -0.3 is 10.4 Å². The molecule has 21 heavy (non-hydrogen) atoms. The molecule has 116 valence electrons. The Hall–Kier alpha value is -1.35. The molecule has 0 saturated heterocycles. The van der Waals surface area contributed by atoms with E-state index in [1.807, 2.05) is 0 Å². The first-order valence-corrected chi connectivity index (χ1v) is 8.20. The molecule has 3 atom stereocenters. The van der Waals surface area contributed by atoms with E-state index in [1.54, 1.807) is 0 Å². The fourth-order valence-corrected chi connectivity index (χ4v) is 3.38. The van der Waals surface area contributed by atoms with Crippen molar-refractivity contribution in [2.45, 2.75) is 52.0 Å². The highest BCUT2D eigenvalue weighted by atomic mass is 16.4. The lowest BCUT2D eigenvalue weighted by molar-refractivity contribution is -0.142. The summed E-state index contributed by atoms with van der Waals surface area (Å²) in [6.45, 7) is 5.15. The average molecular weight is 289 g/mol. The van der Waals surface area contributed by atoms with Gasteiger partial charge >= 0.3 is 5.97 Å². The molecule has 1 aromatic rings. The summed E-state index contributed by atoms with van der Waals surface area (Å²) in [5.41, 5.74) is 2.66. The molecule has 0 aromatic heterocycles. The van der Waals surface area contributed by atoms with Gasteiger partial charge in [-0.2, -0.15) is 0 Å². The van der Waals surface area contributed by atoms with Crippen molar-refractivity contribution in [2.24, 2.45) is 11.8 Å². The summed E-state index contributed by atoms with van der Waals surface area (Å²) >= 11 is 0. The molecule has 2 N–H and O–H groups in total. The van der Waals surface area contributed by atoms with Crippen molar-refractivity contribution < 1.29 is 9.90 Å². The van der Waals surface area contributed by atoms with Crippen LogP contribution in [0, 0.1) is 11.8 Å². The molecule has 0 heterocycles. The fraction of sp³-hybridized carbons (Fsp3) is 0.611. The topological polar surface area (TPSA) is 49.3 Å². The maximum atomic E-state index is 11.2. The molecule has 1 fully saturated rings. The number of rotatable bonds is 7. The maximum Gasteiger partial charge on any atom is 0.306 e.